The standard InChI is InChI=1S/C13H15BrF4N2O.ClH/c14-8-5-9(15)11(10(16)6-8)12(13(17,18)7-21)20-3-1-19-2-4-20;/h5-6,12,19,21H,1-4,7H2;1H/t12-;/m0./s1. The largest absolute Gasteiger partial charge is 0.390 e. The average Bonchev–Trinajstić information content (AvgIpc) is 2.43. The Morgan fingerprint density at radius 1 is 1.23 bits per heavy atom. The summed E-state index contributed by atoms with van der Waals surface area (Å²) in [7, 11) is 0. The molecule has 0 saturated carbocycles. The van der Waals surface area contributed by atoms with Crippen molar-refractivity contribution < 1.29 is 22.7 Å². The molecule has 1 aliphatic heterocycles. The predicted octanol–water partition coefficient (Wildman–Crippen LogP) is 2.72. The fourth-order valence-electron chi connectivity index (χ4n) is 2.50. The van der Waals surface area contributed by atoms with E-state index in [4.69, 9.17) is 5.11 Å². The van der Waals surface area contributed by atoms with Crippen LogP contribution < -0.4 is 5.32 Å². The average molecular weight is 408 g/mol. The van der Waals surface area contributed by atoms with Crippen LogP contribution in [0.15, 0.2) is 16.6 Å². The van der Waals surface area contributed by atoms with Crippen molar-refractivity contribution >= 4 is 28.3 Å². The highest BCUT2D eigenvalue weighted by molar-refractivity contribution is 9.10. The second-order valence-electron chi connectivity index (χ2n) is 4.89. The number of nitrogens with zero attached hydrogens (tertiary/aromatic N) is 1. The minimum atomic E-state index is -3.65. The van der Waals surface area contributed by atoms with Gasteiger partial charge in [-0.2, -0.15) is 0 Å². The lowest BCUT2D eigenvalue weighted by Gasteiger charge is -2.38. The van der Waals surface area contributed by atoms with Crippen LogP contribution in [0.4, 0.5) is 17.6 Å². The molecule has 2 rings (SSSR count). The van der Waals surface area contributed by atoms with Gasteiger partial charge in [-0.3, -0.25) is 4.90 Å². The quantitative estimate of drug-likeness (QED) is 0.754. The van der Waals surface area contributed by atoms with Gasteiger partial charge in [0.1, 0.15) is 24.3 Å². The van der Waals surface area contributed by atoms with E-state index in [0.717, 1.165) is 12.1 Å². The molecule has 0 amide bonds. The Morgan fingerprint density at radius 2 is 1.73 bits per heavy atom. The van der Waals surface area contributed by atoms with Crippen LogP contribution >= 0.6 is 28.3 Å². The number of halogens is 6. The maximum atomic E-state index is 14.1. The number of aliphatic hydroxyl groups is 1. The maximum Gasteiger partial charge on any atom is 0.290 e. The van der Waals surface area contributed by atoms with Gasteiger partial charge in [0, 0.05) is 36.2 Å². The molecule has 1 atom stereocenters. The van der Waals surface area contributed by atoms with E-state index in [0.29, 0.717) is 13.1 Å². The Kier molecular flexibility index (Phi) is 7.07. The molecule has 1 aliphatic rings. The Labute approximate surface area is 140 Å². The summed E-state index contributed by atoms with van der Waals surface area (Å²) in [5, 5.41) is 11.9. The summed E-state index contributed by atoms with van der Waals surface area (Å²) in [6, 6.07) is 0.0555. The first-order valence-corrected chi connectivity index (χ1v) is 7.24. The Bertz CT molecular complexity index is 492. The molecule has 0 bridgehead atoms. The monoisotopic (exact) mass is 406 g/mol. The van der Waals surface area contributed by atoms with Crippen molar-refractivity contribution in [3.63, 3.8) is 0 Å². The number of piperazine rings is 1. The van der Waals surface area contributed by atoms with Crippen LogP contribution in [0.1, 0.15) is 11.6 Å². The molecule has 0 aromatic heterocycles. The third kappa shape index (κ3) is 4.11. The summed E-state index contributed by atoms with van der Waals surface area (Å²) in [4.78, 5) is 1.29. The maximum absolute atomic E-state index is 14.1. The molecule has 9 heteroatoms. The molecule has 1 aromatic rings. The SMILES string of the molecule is Cl.OCC(F)(F)[C@H](c1c(F)cc(Br)cc1F)N1CCNCC1. The van der Waals surface area contributed by atoms with Crippen LogP contribution in [-0.2, 0) is 0 Å². The first-order valence-electron chi connectivity index (χ1n) is 6.44. The second kappa shape index (κ2) is 7.92. The summed E-state index contributed by atoms with van der Waals surface area (Å²) >= 11 is 2.92. The number of hydrogen-bond acceptors (Lipinski definition) is 3. The number of hydrogen-bond donors (Lipinski definition) is 2. The van der Waals surface area contributed by atoms with Crippen molar-refractivity contribution in [3.05, 3.63) is 33.8 Å². The lowest BCUT2D eigenvalue weighted by Crippen LogP contribution is -2.51. The summed E-state index contributed by atoms with van der Waals surface area (Å²) < 4.78 is 56.4. The lowest BCUT2D eigenvalue weighted by molar-refractivity contribution is -0.120. The highest BCUT2D eigenvalue weighted by atomic mass is 79.9. The molecule has 0 spiro atoms. The molecule has 1 saturated heterocycles. The number of nitrogens with one attached hydrogen (secondary N) is 1. The molecular weight excluding hydrogens is 392 g/mol. The third-order valence-corrected chi connectivity index (χ3v) is 3.90. The van der Waals surface area contributed by atoms with E-state index in [2.05, 4.69) is 21.2 Å². The van der Waals surface area contributed by atoms with Crippen molar-refractivity contribution in [3.8, 4) is 0 Å². The molecule has 0 aliphatic carbocycles. The number of rotatable bonds is 4. The van der Waals surface area contributed by atoms with Crippen molar-refractivity contribution in [2.45, 2.75) is 12.0 Å². The Morgan fingerprint density at radius 3 is 2.18 bits per heavy atom. The molecule has 2 N–H and O–H groups in total. The van der Waals surface area contributed by atoms with Crippen LogP contribution in [0.5, 0.6) is 0 Å². The van der Waals surface area contributed by atoms with Gasteiger partial charge >= 0.3 is 0 Å². The molecule has 22 heavy (non-hydrogen) atoms. The summed E-state index contributed by atoms with van der Waals surface area (Å²) in [6.07, 6.45) is 0. The van der Waals surface area contributed by atoms with Crippen molar-refractivity contribution in [1.82, 2.24) is 10.2 Å². The van der Waals surface area contributed by atoms with Gasteiger partial charge in [0.05, 0.1) is 0 Å². The van der Waals surface area contributed by atoms with Gasteiger partial charge in [-0.1, -0.05) is 15.9 Å². The van der Waals surface area contributed by atoms with Crippen molar-refractivity contribution in [1.29, 1.82) is 0 Å². The van der Waals surface area contributed by atoms with E-state index < -0.39 is 35.8 Å². The van der Waals surface area contributed by atoms with Gasteiger partial charge in [-0.15, -0.1) is 12.4 Å². The zero-order valence-corrected chi connectivity index (χ0v) is 13.9. The Balaban J connectivity index is 0.00000242. The van der Waals surface area contributed by atoms with Crippen molar-refractivity contribution in [2.24, 2.45) is 0 Å². The minimum absolute atomic E-state index is 0. The van der Waals surface area contributed by atoms with Crippen LogP contribution in [-0.4, -0.2) is 48.7 Å². The van der Waals surface area contributed by atoms with Crippen LogP contribution in [0.2, 0.25) is 0 Å². The number of aliphatic hydroxyl groups excluding tert-OH is 1. The predicted molar refractivity (Wildman–Crippen MR) is 80.5 cm³/mol. The van der Waals surface area contributed by atoms with Crippen LogP contribution in [0.25, 0.3) is 0 Å². The third-order valence-electron chi connectivity index (χ3n) is 3.44. The lowest BCUT2D eigenvalue weighted by atomic mass is 9.97. The molecule has 1 fully saturated rings. The van der Waals surface area contributed by atoms with E-state index in [1.165, 1.54) is 4.90 Å². The fourth-order valence-corrected chi connectivity index (χ4v) is 2.90. The summed E-state index contributed by atoms with van der Waals surface area (Å²) in [5.41, 5.74) is -0.709. The molecule has 0 unspecified atom stereocenters. The first-order chi connectivity index (χ1) is 9.86. The van der Waals surface area contributed by atoms with Crippen molar-refractivity contribution in [2.75, 3.05) is 32.8 Å². The summed E-state index contributed by atoms with van der Waals surface area (Å²) in [6.45, 7) is -0.156. The first kappa shape index (κ1) is 19.6. The molecule has 1 heterocycles. The fraction of sp³-hybridized carbons (Fsp3) is 0.538. The zero-order chi connectivity index (χ0) is 15.6. The van der Waals surface area contributed by atoms with Crippen LogP contribution in [0.3, 0.4) is 0 Å². The summed E-state index contributed by atoms with van der Waals surface area (Å²) in [5.74, 6) is -5.76. The van der Waals surface area contributed by atoms with E-state index in [9.17, 15) is 17.6 Å². The second-order valence-corrected chi connectivity index (χ2v) is 5.81. The van der Waals surface area contributed by atoms with Gasteiger partial charge in [0.2, 0.25) is 0 Å². The zero-order valence-electron chi connectivity index (χ0n) is 11.5. The molecule has 3 nitrogen and oxygen atoms in total. The molecule has 0 radical (unpaired) electrons. The van der Waals surface area contributed by atoms with Gasteiger partial charge in [-0.25, -0.2) is 17.6 Å². The molecule has 1 aromatic carbocycles. The highest BCUT2D eigenvalue weighted by Crippen LogP contribution is 2.39. The normalized spacial score (nSPS) is 17.9. The molecular formula is C13H16BrClF4N2O. The Hall–Kier alpha value is -0.410. The minimum Gasteiger partial charge on any atom is -0.390 e. The van der Waals surface area contributed by atoms with Gasteiger partial charge in [-0.05, 0) is 12.1 Å². The highest BCUT2D eigenvalue weighted by Gasteiger charge is 2.46. The molecule has 126 valence electrons. The number of benzene rings is 1. The number of alkyl halides is 2. The topological polar surface area (TPSA) is 35.5 Å². The van der Waals surface area contributed by atoms with E-state index in [1.54, 1.807) is 0 Å². The van der Waals surface area contributed by atoms with E-state index >= 15 is 0 Å². The van der Waals surface area contributed by atoms with E-state index in [1.807, 2.05) is 0 Å². The van der Waals surface area contributed by atoms with E-state index in [-0.39, 0.29) is 30.0 Å². The van der Waals surface area contributed by atoms with Gasteiger partial charge in [0.25, 0.3) is 5.92 Å². The van der Waals surface area contributed by atoms with Crippen LogP contribution in [0, 0.1) is 11.6 Å². The van der Waals surface area contributed by atoms with Gasteiger partial charge < -0.3 is 10.4 Å². The van der Waals surface area contributed by atoms with Gasteiger partial charge in [0.15, 0.2) is 0 Å². The smallest absolute Gasteiger partial charge is 0.290 e.